The summed E-state index contributed by atoms with van der Waals surface area (Å²) >= 11 is 6.36. The van der Waals surface area contributed by atoms with Gasteiger partial charge in [-0.25, -0.2) is 14.4 Å². The molecule has 0 unspecified atom stereocenters. The van der Waals surface area contributed by atoms with E-state index in [9.17, 15) is 9.18 Å². The summed E-state index contributed by atoms with van der Waals surface area (Å²) in [5.74, 6) is 1.07. The molecule has 32 heavy (non-hydrogen) atoms. The highest BCUT2D eigenvalue weighted by atomic mass is 35.5. The first kappa shape index (κ1) is 20.8. The summed E-state index contributed by atoms with van der Waals surface area (Å²) in [5.41, 5.74) is 6.73. The van der Waals surface area contributed by atoms with Gasteiger partial charge in [0.2, 0.25) is 5.95 Å². The molecule has 0 atom stereocenters. The molecule has 0 amide bonds. The van der Waals surface area contributed by atoms with Crippen LogP contribution < -0.4 is 20.9 Å². The van der Waals surface area contributed by atoms with E-state index in [0.29, 0.717) is 11.7 Å². The fourth-order valence-corrected chi connectivity index (χ4v) is 4.16. The average Bonchev–Trinajstić information content (AvgIpc) is 3.63. The fourth-order valence-electron chi connectivity index (χ4n) is 3.96. The summed E-state index contributed by atoms with van der Waals surface area (Å²) in [6, 6.07) is 5.43. The normalized spacial score (nSPS) is 16.9. The maximum atomic E-state index is 14.2. The Labute approximate surface area is 189 Å². The number of nitrogen functional groups attached to an aromatic ring is 1. The molecule has 3 aromatic rings. The molecule has 7 nitrogen and oxygen atoms in total. The Balaban J connectivity index is 1.25. The number of anilines is 2. The fraction of sp³-hybridized carbons (Fsp3) is 0.348. The van der Waals surface area contributed by atoms with Gasteiger partial charge in [0.25, 0.3) is 5.56 Å². The van der Waals surface area contributed by atoms with Crippen molar-refractivity contribution in [2.24, 2.45) is 0 Å². The van der Waals surface area contributed by atoms with Crippen molar-refractivity contribution in [3.8, 4) is 11.4 Å². The molecule has 3 heterocycles. The van der Waals surface area contributed by atoms with E-state index in [1.807, 2.05) is 12.4 Å². The Hall–Kier alpha value is -3.13. The number of nitrogens with zero attached hydrogens (tertiary/aromatic N) is 4. The molecule has 2 fully saturated rings. The van der Waals surface area contributed by atoms with E-state index in [1.165, 1.54) is 42.8 Å². The molecule has 0 bridgehead atoms. The van der Waals surface area contributed by atoms with Crippen molar-refractivity contribution in [3.05, 3.63) is 69.6 Å². The van der Waals surface area contributed by atoms with E-state index in [0.717, 1.165) is 42.5 Å². The van der Waals surface area contributed by atoms with Crippen LogP contribution in [-0.4, -0.2) is 33.7 Å². The summed E-state index contributed by atoms with van der Waals surface area (Å²) in [6.45, 7) is 1.50. The molecule has 1 aromatic carbocycles. The van der Waals surface area contributed by atoms with E-state index < -0.39 is 11.4 Å². The zero-order chi connectivity index (χ0) is 22.2. The molecule has 1 saturated carbocycles. The lowest BCUT2D eigenvalue weighted by molar-refractivity contribution is 0.170. The molecule has 1 saturated heterocycles. The predicted molar refractivity (Wildman–Crippen MR) is 121 cm³/mol. The van der Waals surface area contributed by atoms with Crippen molar-refractivity contribution in [1.82, 2.24) is 14.5 Å². The van der Waals surface area contributed by atoms with Crippen LogP contribution in [0.2, 0.25) is 5.02 Å². The van der Waals surface area contributed by atoms with Crippen LogP contribution in [-0.2, 0) is 0 Å². The predicted octanol–water partition coefficient (Wildman–Crippen LogP) is 3.93. The van der Waals surface area contributed by atoms with Gasteiger partial charge in [0.1, 0.15) is 17.7 Å². The zero-order valence-corrected chi connectivity index (χ0v) is 18.1. The van der Waals surface area contributed by atoms with Gasteiger partial charge in [0.15, 0.2) is 0 Å². The van der Waals surface area contributed by atoms with Gasteiger partial charge < -0.3 is 15.4 Å². The number of aromatic nitrogens is 3. The highest BCUT2D eigenvalue weighted by Gasteiger charge is 2.26. The van der Waals surface area contributed by atoms with Crippen LogP contribution in [0, 0.1) is 5.82 Å². The number of halogens is 2. The third-order valence-electron chi connectivity index (χ3n) is 5.93. The van der Waals surface area contributed by atoms with Crippen molar-refractivity contribution >= 4 is 23.2 Å². The van der Waals surface area contributed by atoms with Crippen molar-refractivity contribution in [3.63, 3.8) is 0 Å². The Bertz CT molecular complexity index is 1190. The Morgan fingerprint density at radius 2 is 1.81 bits per heavy atom. The molecular weight excluding hydrogens is 433 g/mol. The van der Waals surface area contributed by atoms with E-state index in [-0.39, 0.29) is 22.5 Å². The van der Waals surface area contributed by atoms with Crippen LogP contribution in [0.1, 0.15) is 37.2 Å². The summed E-state index contributed by atoms with van der Waals surface area (Å²) < 4.78 is 21.4. The molecule has 2 aromatic heterocycles. The highest BCUT2D eigenvalue weighted by Crippen LogP contribution is 2.39. The molecule has 0 spiro atoms. The molecular formula is C23H23ClFN5O2. The number of rotatable bonds is 5. The first-order valence-electron chi connectivity index (χ1n) is 10.7. The molecule has 1 aliphatic carbocycles. The smallest absolute Gasteiger partial charge is 0.258 e. The second-order valence-electron chi connectivity index (χ2n) is 8.30. The molecule has 2 N–H and O–H groups in total. The minimum Gasteiger partial charge on any atom is -0.488 e. The van der Waals surface area contributed by atoms with Crippen LogP contribution in [0.25, 0.3) is 5.69 Å². The van der Waals surface area contributed by atoms with Gasteiger partial charge in [0, 0.05) is 56.3 Å². The number of ether oxygens (including phenoxy) is 1. The second kappa shape index (κ2) is 8.43. The van der Waals surface area contributed by atoms with Crippen LogP contribution in [0.5, 0.6) is 5.75 Å². The molecule has 9 heteroatoms. The molecule has 2 aliphatic rings. The maximum Gasteiger partial charge on any atom is 0.258 e. The Kier molecular flexibility index (Phi) is 5.46. The van der Waals surface area contributed by atoms with E-state index in [4.69, 9.17) is 22.1 Å². The molecule has 0 radical (unpaired) electrons. The lowest BCUT2D eigenvalue weighted by Gasteiger charge is -2.32. The number of pyridine rings is 1. The van der Waals surface area contributed by atoms with Gasteiger partial charge >= 0.3 is 0 Å². The third-order valence-corrected chi connectivity index (χ3v) is 6.21. The standard InChI is InChI=1S/C23H23ClFN5O2/c24-18-13-30(20-4-3-16(26)9-19(20)25)22(31)10-21(18)32-17-5-7-29(8-6-17)23-27-11-15(12-28-23)14-1-2-14/h3-4,9-14,17H,1-2,5-8,26H2. The SMILES string of the molecule is Nc1ccc(-n2cc(Cl)c(OC3CCN(c4ncc(C5CC5)cn4)CC3)cc2=O)c(F)c1. The van der Waals surface area contributed by atoms with Crippen LogP contribution in [0.3, 0.4) is 0 Å². The first-order valence-corrected chi connectivity index (χ1v) is 11.1. The lowest BCUT2D eigenvalue weighted by Crippen LogP contribution is -2.39. The van der Waals surface area contributed by atoms with Gasteiger partial charge in [-0.15, -0.1) is 0 Å². The molecule has 5 rings (SSSR count). The summed E-state index contributed by atoms with van der Waals surface area (Å²) in [4.78, 5) is 23.8. The van der Waals surface area contributed by atoms with Crippen molar-refractivity contribution in [1.29, 1.82) is 0 Å². The lowest BCUT2D eigenvalue weighted by atomic mass is 10.1. The average molecular weight is 456 g/mol. The number of nitrogens with two attached hydrogens (primary N) is 1. The van der Waals surface area contributed by atoms with E-state index in [1.54, 1.807) is 0 Å². The van der Waals surface area contributed by atoms with Crippen molar-refractivity contribution in [2.75, 3.05) is 23.7 Å². The van der Waals surface area contributed by atoms with E-state index in [2.05, 4.69) is 14.9 Å². The maximum absolute atomic E-state index is 14.2. The second-order valence-corrected chi connectivity index (χ2v) is 8.71. The van der Waals surface area contributed by atoms with Crippen molar-refractivity contribution < 1.29 is 9.13 Å². The Morgan fingerprint density at radius 3 is 2.47 bits per heavy atom. The molecule has 166 valence electrons. The first-order chi connectivity index (χ1) is 15.5. The van der Waals surface area contributed by atoms with Gasteiger partial charge in [-0.05, 0) is 42.5 Å². The van der Waals surface area contributed by atoms with E-state index >= 15 is 0 Å². The number of benzene rings is 1. The minimum atomic E-state index is -0.600. The number of hydrogen-bond acceptors (Lipinski definition) is 6. The van der Waals surface area contributed by atoms with Crippen LogP contribution in [0.15, 0.2) is 47.7 Å². The quantitative estimate of drug-likeness (QED) is 0.587. The highest BCUT2D eigenvalue weighted by molar-refractivity contribution is 6.31. The van der Waals surface area contributed by atoms with Gasteiger partial charge in [-0.2, -0.15) is 0 Å². The van der Waals surface area contributed by atoms with Crippen LogP contribution >= 0.6 is 11.6 Å². The molecule has 1 aliphatic heterocycles. The largest absolute Gasteiger partial charge is 0.488 e. The summed E-state index contributed by atoms with van der Waals surface area (Å²) in [6.07, 6.45) is 9.11. The number of piperidine rings is 1. The third kappa shape index (κ3) is 4.27. The summed E-state index contributed by atoms with van der Waals surface area (Å²) in [7, 11) is 0. The van der Waals surface area contributed by atoms with Crippen LogP contribution in [0.4, 0.5) is 16.0 Å². The minimum absolute atomic E-state index is 0.0821. The van der Waals surface area contributed by atoms with Gasteiger partial charge in [0.05, 0.1) is 10.7 Å². The van der Waals surface area contributed by atoms with Gasteiger partial charge in [-0.3, -0.25) is 9.36 Å². The topological polar surface area (TPSA) is 86.3 Å². The van der Waals surface area contributed by atoms with Crippen molar-refractivity contribution in [2.45, 2.75) is 37.7 Å². The number of hydrogen-bond donors (Lipinski definition) is 1. The summed E-state index contributed by atoms with van der Waals surface area (Å²) in [5, 5.41) is 0.238. The monoisotopic (exact) mass is 455 g/mol. The van der Waals surface area contributed by atoms with Gasteiger partial charge in [-0.1, -0.05) is 11.6 Å². The zero-order valence-electron chi connectivity index (χ0n) is 17.4. The Morgan fingerprint density at radius 1 is 1.09 bits per heavy atom.